The lowest BCUT2D eigenvalue weighted by Gasteiger charge is -2.10. The van der Waals surface area contributed by atoms with Gasteiger partial charge in [0.25, 0.3) is 5.91 Å². The first-order valence-corrected chi connectivity index (χ1v) is 7.44. The molecule has 0 spiro atoms. The minimum Gasteiger partial charge on any atom is -0.484 e. The second kappa shape index (κ2) is 8.43. The molecule has 0 unspecified atom stereocenters. The average Bonchev–Trinajstić information content (AvgIpc) is 2.63. The van der Waals surface area contributed by atoms with Crippen molar-refractivity contribution in [1.82, 2.24) is 0 Å². The second-order valence-corrected chi connectivity index (χ2v) is 5.11. The fraction of sp³-hybridized carbons (Fsp3) is 0.0556. The first-order valence-electron chi connectivity index (χ1n) is 7.44. The highest BCUT2D eigenvalue weighted by Gasteiger charge is 2.09. The molecule has 0 aliphatic heterocycles. The Morgan fingerprint density at radius 1 is 1.12 bits per heavy atom. The number of hydrogen-bond acceptors (Lipinski definition) is 4. The predicted octanol–water partition coefficient (Wildman–Crippen LogP) is 2.07. The summed E-state index contributed by atoms with van der Waals surface area (Å²) in [5, 5.41) is 4.81. The summed E-state index contributed by atoms with van der Waals surface area (Å²) in [5.74, 6) is -1.90. The van der Waals surface area contributed by atoms with Crippen LogP contribution in [0.3, 0.4) is 0 Å². The Bertz CT molecular complexity index is 850. The smallest absolute Gasteiger partial charge is 0.262 e. The number of rotatable bonds is 7. The van der Waals surface area contributed by atoms with Crippen LogP contribution >= 0.6 is 0 Å². The lowest BCUT2D eigenvalue weighted by Crippen LogP contribution is -2.20. The maximum atomic E-state index is 13.6. The Kier molecular flexibility index (Phi) is 6.05. The zero-order chi connectivity index (χ0) is 19.1. The Balaban J connectivity index is 1.94. The van der Waals surface area contributed by atoms with Crippen molar-refractivity contribution in [3.63, 3.8) is 0 Å². The fourth-order valence-corrected chi connectivity index (χ4v) is 1.94. The number of carbonyl (C=O) groups excluding carboxylic acids is 3. The van der Waals surface area contributed by atoms with Gasteiger partial charge in [0.15, 0.2) is 6.61 Å². The normalized spacial score (nSPS) is 9.88. The van der Waals surface area contributed by atoms with Gasteiger partial charge in [-0.05, 0) is 48.5 Å². The van der Waals surface area contributed by atoms with Gasteiger partial charge in [0.05, 0.1) is 5.69 Å². The van der Waals surface area contributed by atoms with Crippen LogP contribution in [0.2, 0.25) is 0 Å². The highest BCUT2D eigenvalue weighted by atomic mass is 19.1. The molecule has 0 saturated carbocycles. The summed E-state index contributed by atoms with van der Waals surface area (Å²) in [7, 11) is 0. The molecule has 0 aromatic heterocycles. The Morgan fingerprint density at radius 2 is 1.81 bits per heavy atom. The van der Waals surface area contributed by atoms with Crippen LogP contribution in [-0.2, 0) is 9.59 Å². The third kappa shape index (κ3) is 5.17. The molecule has 7 nitrogen and oxygen atoms in total. The van der Waals surface area contributed by atoms with E-state index in [-0.39, 0.29) is 18.0 Å². The molecule has 0 fully saturated rings. The van der Waals surface area contributed by atoms with E-state index in [0.717, 1.165) is 12.1 Å². The first-order chi connectivity index (χ1) is 12.4. The number of benzene rings is 2. The second-order valence-electron chi connectivity index (χ2n) is 5.11. The summed E-state index contributed by atoms with van der Waals surface area (Å²) in [6.45, 7) is 2.98. The van der Waals surface area contributed by atoms with E-state index in [1.807, 2.05) is 0 Å². The summed E-state index contributed by atoms with van der Waals surface area (Å²) < 4.78 is 18.9. The van der Waals surface area contributed by atoms with Crippen molar-refractivity contribution in [3.05, 3.63) is 66.5 Å². The minimum atomic E-state index is -0.649. The third-order valence-electron chi connectivity index (χ3n) is 3.20. The van der Waals surface area contributed by atoms with E-state index < -0.39 is 23.5 Å². The van der Waals surface area contributed by atoms with Gasteiger partial charge in [-0.2, -0.15) is 0 Å². The molecule has 26 heavy (non-hydrogen) atoms. The molecule has 2 rings (SSSR count). The van der Waals surface area contributed by atoms with Gasteiger partial charge in [-0.1, -0.05) is 6.58 Å². The van der Waals surface area contributed by atoms with Crippen molar-refractivity contribution in [2.24, 2.45) is 5.73 Å². The number of nitrogens with two attached hydrogens (primary N) is 1. The number of halogens is 1. The molecule has 0 radical (unpaired) electrons. The first kappa shape index (κ1) is 18.7. The van der Waals surface area contributed by atoms with Crippen molar-refractivity contribution < 1.29 is 23.5 Å². The molecule has 0 aliphatic rings. The van der Waals surface area contributed by atoms with Gasteiger partial charge in [-0.25, -0.2) is 4.39 Å². The number of anilines is 2. The van der Waals surface area contributed by atoms with Crippen LogP contribution in [-0.4, -0.2) is 24.3 Å². The Labute approximate surface area is 148 Å². The van der Waals surface area contributed by atoms with Crippen molar-refractivity contribution in [3.8, 4) is 5.75 Å². The lowest BCUT2D eigenvalue weighted by molar-refractivity contribution is -0.118. The summed E-state index contributed by atoms with van der Waals surface area (Å²) >= 11 is 0. The quantitative estimate of drug-likeness (QED) is 0.659. The number of ether oxygens (including phenoxy) is 1. The van der Waals surface area contributed by atoms with Crippen LogP contribution in [0, 0.1) is 5.82 Å². The van der Waals surface area contributed by atoms with Crippen molar-refractivity contribution >= 4 is 29.1 Å². The number of amides is 3. The van der Waals surface area contributed by atoms with Crippen LogP contribution in [0.5, 0.6) is 5.75 Å². The highest BCUT2D eigenvalue weighted by Crippen LogP contribution is 2.20. The third-order valence-corrected chi connectivity index (χ3v) is 3.20. The highest BCUT2D eigenvalue weighted by molar-refractivity contribution is 6.00. The van der Waals surface area contributed by atoms with E-state index in [1.165, 1.54) is 36.4 Å². The number of primary amides is 1. The van der Waals surface area contributed by atoms with E-state index >= 15 is 0 Å². The molecule has 3 amide bonds. The maximum absolute atomic E-state index is 13.6. The summed E-state index contributed by atoms with van der Waals surface area (Å²) in [6.07, 6.45) is 1.00. The number of hydrogen-bond donors (Lipinski definition) is 3. The van der Waals surface area contributed by atoms with Crippen LogP contribution in [0.25, 0.3) is 0 Å². The zero-order valence-electron chi connectivity index (χ0n) is 13.6. The van der Waals surface area contributed by atoms with E-state index in [4.69, 9.17) is 10.5 Å². The minimum absolute atomic E-state index is 0.0874. The largest absolute Gasteiger partial charge is 0.484 e. The average molecular weight is 357 g/mol. The number of carbonyl (C=O) groups is 3. The fourth-order valence-electron chi connectivity index (χ4n) is 1.94. The van der Waals surface area contributed by atoms with E-state index in [2.05, 4.69) is 17.2 Å². The summed E-state index contributed by atoms with van der Waals surface area (Å²) in [4.78, 5) is 34.2. The summed E-state index contributed by atoms with van der Waals surface area (Å²) in [6, 6.07) is 9.70. The van der Waals surface area contributed by atoms with Crippen LogP contribution in [0.15, 0.2) is 55.1 Å². The molecule has 8 heteroatoms. The molecule has 2 aromatic rings. The molecule has 2 aromatic carbocycles. The van der Waals surface area contributed by atoms with Gasteiger partial charge >= 0.3 is 0 Å². The molecule has 0 heterocycles. The number of nitrogens with one attached hydrogen (secondary N) is 2. The van der Waals surface area contributed by atoms with Crippen molar-refractivity contribution in [1.29, 1.82) is 0 Å². The van der Waals surface area contributed by atoms with Crippen LogP contribution < -0.4 is 21.1 Å². The van der Waals surface area contributed by atoms with Gasteiger partial charge < -0.3 is 21.1 Å². The van der Waals surface area contributed by atoms with E-state index in [9.17, 15) is 18.8 Å². The van der Waals surface area contributed by atoms with Crippen LogP contribution in [0.4, 0.5) is 15.8 Å². The lowest BCUT2D eigenvalue weighted by atomic mass is 10.2. The molecule has 0 saturated heterocycles. The SMILES string of the molecule is C=CC(=O)Nc1cc(NC(=O)COc2ccc(C(N)=O)cc2)ccc1F. The summed E-state index contributed by atoms with van der Waals surface area (Å²) in [5.41, 5.74) is 5.65. The van der Waals surface area contributed by atoms with Crippen molar-refractivity contribution in [2.45, 2.75) is 0 Å². The predicted molar refractivity (Wildman–Crippen MR) is 94.3 cm³/mol. The van der Waals surface area contributed by atoms with Crippen molar-refractivity contribution in [2.75, 3.05) is 17.2 Å². The molecular weight excluding hydrogens is 341 g/mol. The molecule has 4 N–H and O–H groups in total. The zero-order valence-corrected chi connectivity index (χ0v) is 13.6. The van der Waals surface area contributed by atoms with Crippen LogP contribution in [0.1, 0.15) is 10.4 Å². The topological polar surface area (TPSA) is 111 Å². The molecular formula is C18H16FN3O4. The maximum Gasteiger partial charge on any atom is 0.262 e. The standard InChI is InChI=1S/C18H16FN3O4/c1-2-16(23)22-15-9-12(5-8-14(15)19)21-17(24)10-26-13-6-3-11(4-7-13)18(20)25/h2-9H,1,10H2,(H2,20,25)(H,21,24)(H,22,23). The van der Waals surface area contributed by atoms with Gasteiger partial charge in [-0.3, -0.25) is 14.4 Å². The van der Waals surface area contributed by atoms with Gasteiger partial charge in [0.1, 0.15) is 11.6 Å². The van der Waals surface area contributed by atoms with Gasteiger partial charge in [0.2, 0.25) is 11.8 Å². The Hall–Kier alpha value is -3.68. The Morgan fingerprint density at radius 3 is 2.42 bits per heavy atom. The van der Waals surface area contributed by atoms with Gasteiger partial charge in [0, 0.05) is 11.3 Å². The molecule has 0 aliphatic carbocycles. The monoisotopic (exact) mass is 357 g/mol. The van der Waals surface area contributed by atoms with Gasteiger partial charge in [-0.15, -0.1) is 0 Å². The molecule has 0 atom stereocenters. The van der Waals surface area contributed by atoms with E-state index in [0.29, 0.717) is 11.3 Å². The molecule has 134 valence electrons. The molecule has 0 bridgehead atoms. The van der Waals surface area contributed by atoms with E-state index in [1.54, 1.807) is 0 Å².